The Morgan fingerprint density at radius 1 is 1.45 bits per heavy atom. The Balaban J connectivity index is 2.45. The summed E-state index contributed by atoms with van der Waals surface area (Å²) in [5, 5.41) is 2.62. The SMILES string of the molecule is CCOC(=O)C(C)NC(=O)CSc1ccc(Br)cc1C. The van der Waals surface area contributed by atoms with Gasteiger partial charge in [-0.3, -0.25) is 4.79 Å². The van der Waals surface area contributed by atoms with Crippen molar-refractivity contribution >= 4 is 39.6 Å². The Morgan fingerprint density at radius 3 is 2.75 bits per heavy atom. The third kappa shape index (κ3) is 5.54. The third-order valence-corrected chi connectivity index (χ3v) is 4.18. The van der Waals surface area contributed by atoms with E-state index >= 15 is 0 Å². The maximum absolute atomic E-state index is 11.8. The van der Waals surface area contributed by atoms with Crippen LogP contribution in [0.5, 0.6) is 0 Å². The number of carbonyl (C=O) groups is 2. The van der Waals surface area contributed by atoms with Crippen LogP contribution in [0.4, 0.5) is 0 Å². The number of carbonyl (C=O) groups excluding carboxylic acids is 2. The summed E-state index contributed by atoms with van der Waals surface area (Å²) in [6, 6.07) is 5.29. The molecule has 1 rings (SSSR count). The largest absolute Gasteiger partial charge is 0.464 e. The topological polar surface area (TPSA) is 55.4 Å². The number of aryl methyl sites for hydroxylation is 1. The van der Waals surface area contributed by atoms with Gasteiger partial charge >= 0.3 is 5.97 Å². The molecule has 110 valence electrons. The first-order valence-corrected chi connectivity index (χ1v) is 8.06. The van der Waals surface area contributed by atoms with E-state index in [-0.39, 0.29) is 11.7 Å². The fraction of sp³-hybridized carbons (Fsp3) is 0.429. The zero-order chi connectivity index (χ0) is 15.1. The highest BCUT2D eigenvalue weighted by molar-refractivity contribution is 9.10. The quantitative estimate of drug-likeness (QED) is 0.626. The van der Waals surface area contributed by atoms with Gasteiger partial charge in [-0.05, 0) is 44.5 Å². The molecule has 0 aromatic heterocycles. The molecule has 1 N–H and O–H groups in total. The average molecular weight is 360 g/mol. The molecule has 1 aromatic carbocycles. The monoisotopic (exact) mass is 359 g/mol. The van der Waals surface area contributed by atoms with Crippen LogP contribution in [0.2, 0.25) is 0 Å². The van der Waals surface area contributed by atoms with Crippen LogP contribution in [0.15, 0.2) is 27.6 Å². The van der Waals surface area contributed by atoms with E-state index in [1.54, 1.807) is 13.8 Å². The first-order chi connectivity index (χ1) is 9.43. The molecule has 1 unspecified atom stereocenters. The fourth-order valence-corrected chi connectivity index (χ4v) is 2.82. The van der Waals surface area contributed by atoms with Crippen LogP contribution in [0.3, 0.4) is 0 Å². The molecule has 0 spiro atoms. The first-order valence-electron chi connectivity index (χ1n) is 6.29. The van der Waals surface area contributed by atoms with Crippen molar-refractivity contribution in [3.63, 3.8) is 0 Å². The highest BCUT2D eigenvalue weighted by Gasteiger charge is 2.16. The molecule has 0 heterocycles. The molecule has 0 aliphatic rings. The highest BCUT2D eigenvalue weighted by atomic mass is 79.9. The van der Waals surface area contributed by atoms with Gasteiger partial charge in [0, 0.05) is 9.37 Å². The van der Waals surface area contributed by atoms with Gasteiger partial charge in [-0.2, -0.15) is 0 Å². The number of benzene rings is 1. The van der Waals surface area contributed by atoms with Gasteiger partial charge in [0.1, 0.15) is 6.04 Å². The summed E-state index contributed by atoms with van der Waals surface area (Å²) < 4.78 is 5.85. The number of ether oxygens (including phenoxy) is 1. The minimum Gasteiger partial charge on any atom is -0.464 e. The molecule has 0 bridgehead atoms. The van der Waals surface area contributed by atoms with Crippen molar-refractivity contribution in [2.75, 3.05) is 12.4 Å². The van der Waals surface area contributed by atoms with Crippen LogP contribution in [0.25, 0.3) is 0 Å². The number of halogens is 1. The number of amides is 1. The lowest BCUT2D eigenvalue weighted by Gasteiger charge is -2.12. The van der Waals surface area contributed by atoms with E-state index < -0.39 is 12.0 Å². The van der Waals surface area contributed by atoms with Crippen molar-refractivity contribution in [2.24, 2.45) is 0 Å². The molecule has 4 nitrogen and oxygen atoms in total. The van der Waals surface area contributed by atoms with Gasteiger partial charge in [-0.25, -0.2) is 4.79 Å². The number of hydrogen-bond donors (Lipinski definition) is 1. The lowest BCUT2D eigenvalue weighted by Crippen LogP contribution is -2.40. The predicted octanol–water partition coefficient (Wildman–Crippen LogP) is 2.92. The molecule has 0 fully saturated rings. The van der Waals surface area contributed by atoms with E-state index in [9.17, 15) is 9.59 Å². The normalized spacial score (nSPS) is 11.8. The van der Waals surface area contributed by atoms with Crippen molar-refractivity contribution in [3.05, 3.63) is 28.2 Å². The number of hydrogen-bond acceptors (Lipinski definition) is 4. The van der Waals surface area contributed by atoms with Crippen molar-refractivity contribution in [3.8, 4) is 0 Å². The smallest absolute Gasteiger partial charge is 0.328 e. The molecule has 0 aliphatic heterocycles. The molecule has 0 radical (unpaired) electrons. The van der Waals surface area contributed by atoms with Crippen molar-refractivity contribution in [1.29, 1.82) is 0 Å². The first kappa shape index (κ1) is 17.0. The molecule has 0 saturated heterocycles. The Labute approximate surface area is 131 Å². The van der Waals surface area contributed by atoms with E-state index in [1.165, 1.54) is 11.8 Å². The second-order valence-electron chi connectivity index (χ2n) is 4.24. The Hall–Kier alpha value is -1.01. The van der Waals surface area contributed by atoms with Gasteiger partial charge < -0.3 is 10.1 Å². The van der Waals surface area contributed by atoms with Crippen molar-refractivity contribution in [1.82, 2.24) is 5.32 Å². The van der Waals surface area contributed by atoms with Crippen LogP contribution in [-0.2, 0) is 14.3 Å². The number of nitrogens with one attached hydrogen (secondary N) is 1. The number of thioether (sulfide) groups is 1. The highest BCUT2D eigenvalue weighted by Crippen LogP contribution is 2.25. The predicted molar refractivity (Wildman–Crippen MR) is 83.8 cm³/mol. The summed E-state index contributed by atoms with van der Waals surface area (Å²) in [5.41, 5.74) is 1.11. The second-order valence-corrected chi connectivity index (χ2v) is 6.17. The number of esters is 1. The van der Waals surface area contributed by atoms with Crippen LogP contribution >= 0.6 is 27.7 Å². The maximum atomic E-state index is 11.8. The molecule has 6 heteroatoms. The summed E-state index contributed by atoms with van der Waals surface area (Å²) in [6.07, 6.45) is 0. The molecule has 1 amide bonds. The summed E-state index contributed by atoms with van der Waals surface area (Å²) in [4.78, 5) is 24.2. The molecule has 1 aromatic rings. The van der Waals surface area contributed by atoms with Crippen molar-refractivity contribution < 1.29 is 14.3 Å². The van der Waals surface area contributed by atoms with Crippen LogP contribution in [0.1, 0.15) is 19.4 Å². The van der Waals surface area contributed by atoms with E-state index in [1.807, 2.05) is 25.1 Å². The zero-order valence-electron chi connectivity index (χ0n) is 11.7. The van der Waals surface area contributed by atoms with Crippen LogP contribution in [-0.4, -0.2) is 30.3 Å². The lowest BCUT2D eigenvalue weighted by molar-refractivity contribution is -0.146. The minimum absolute atomic E-state index is 0.183. The Kier molecular flexibility index (Phi) is 7.09. The Bertz CT molecular complexity index is 493. The molecular weight excluding hydrogens is 342 g/mol. The van der Waals surface area contributed by atoms with E-state index in [2.05, 4.69) is 21.2 Å². The molecule has 1 atom stereocenters. The average Bonchev–Trinajstić information content (AvgIpc) is 2.37. The summed E-state index contributed by atoms with van der Waals surface area (Å²) in [6.45, 7) is 5.65. The van der Waals surface area contributed by atoms with Gasteiger partial charge in [0.2, 0.25) is 5.91 Å². The van der Waals surface area contributed by atoms with E-state index in [0.29, 0.717) is 6.61 Å². The van der Waals surface area contributed by atoms with Gasteiger partial charge in [0.25, 0.3) is 0 Å². The van der Waals surface area contributed by atoms with Gasteiger partial charge in [-0.15, -0.1) is 11.8 Å². The number of rotatable bonds is 6. The summed E-state index contributed by atoms with van der Waals surface area (Å²) in [7, 11) is 0. The third-order valence-electron chi connectivity index (χ3n) is 2.51. The van der Waals surface area contributed by atoms with E-state index in [4.69, 9.17) is 4.74 Å². The van der Waals surface area contributed by atoms with Gasteiger partial charge in [-0.1, -0.05) is 15.9 Å². The Morgan fingerprint density at radius 2 is 2.15 bits per heavy atom. The molecule has 20 heavy (non-hydrogen) atoms. The summed E-state index contributed by atoms with van der Waals surface area (Å²) >= 11 is 4.85. The fourth-order valence-electron chi connectivity index (χ4n) is 1.53. The second kappa shape index (κ2) is 8.32. The van der Waals surface area contributed by atoms with Crippen LogP contribution < -0.4 is 5.32 Å². The molecule has 0 aliphatic carbocycles. The zero-order valence-corrected chi connectivity index (χ0v) is 14.1. The lowest BCUT2D eigenvalue weighted by atomic mass is 10.2. The van der Waals surface area contributed by atoms with Gasteiger partial charge in [0.15, 0.2) is 0 Å². The standard InChI is InChI=1S/C14H18BrNO3S/c1-4-19-14(18)10(3)16-13(17)8-20-12-6-5-11(15)7-9(12)2/h5-7,10H,4,8H2,1-3H3,(H,16,17). The maximum Gasteiger partial charge on any atom is 0.328 e. The molecular formula is C14H18BrNO3S. The van der Waals surface area contributed by atoms with Crippen LogP contribution in [0, 0.1) is 6.92 Å². The minimum atomic E-state index is -0.617. The van der Waals surface area contributed by atoms with Crippen molar-refractivity contribution in [2.45, 2.75) is 31.7 Å². The summed E-state index contributed by atoms with van der Waals surface area (Å²) in [5.74, 6) is -0.324. The molecule has 0 saturated carbocycles. The van der Waals surface area contributed by atoms with Gasteiger partial charge in [0.05, 0.1) is 12.4 Å². The van der Waals surface area contributed by atoms with E-state index in [0.717, 1.165) is 14.9 Å².